The lowest BCUT2D eigenvalue weighted by Gasteiger charge is -2.43. The van der Waals surface area contributed by atoms with Crippen molar-refractivity contribution in [2.24, 2.45) is 0 Å². The minimum atomic E-state index is -1.37. The Kier molecular flexibility index (Phi) is 9.36. The van der Waals surface area contributed by atoms with Crippen LogP contribution in [-0.2, 0) is 47.6 Å². The molecule has 1 heterocycles. The predicted octanol–water partition coefficient (Wildman–Crippen LogP) is 0.935. The van der Waals surface area contributed by atoms with E-state index in [1.54, 1.807) is 0 Å². The van der Waals surface area contributed by atoms with Gasteiger partial charge < -0.3 is 33.2 Å². The maximum atomic E-state index is 11.8. The van der Waals surface area contributed by atoms with Crippen LogP contribution in [0.5, 0.6) is 5.75 Å². The van der Waals surface area contributed by atoms with E-state index in [4.69, 9.17) is 28.4 Å². The highest BCUT2D eigenvalue weighted by molar-refractivity contribution is 5.89. The summed E-state index contributed by atoms with van der Waals surface area (Å²) in [6.07, 6.45) is -6.50. The predicted molar refractivity (Wildman–Crippen MR) is 110 cm³/mol. The molecule has 5 unspecified atom stereocenters. The minimum Gasteiger partial charge on any atom is -0.465 e. The van der Waals surface area contributed by atoms with E-state index in [1.807, 2.05) is 0 Å². The molecule has 1 aromatic rings. The standard InChI is InChI=1S/C22H26O12/c1-11(23)29-10-17-18(30-12(2)24)19(31-13(3)25)20(32-14(4)26)22(34-17)33-16-8-6-15(7-9-16)21(27)28-5/h6-9,17-20,22H,10H2,1-5H3. The second kappa shape index (κ2) is 12.0. The Morgan fingerprint density at radius 2 is 1.29 bits per heavy atom. The fourth-order valence-electron chi connectivity index (χ4n) is 3.21. The minimum absolute atomic E-state index is 0.202. The third-order valence-electron chi connectivity index (χ3n) is 4.48. The molecular weight excluding hydrogens is 456 g/mol. The molecule has 0 aromatic heterocycles. The van der Waals surface area contributed by atoms with E-state index in [1.165, 1.54) is 38.3 Å². The molecule has 1 aromatic carbocycles. The zero-order valence-corrected chi connectivity index (χ0v) is 19.3. The third kappa shape index (κ3) is 7.44. The van der Waals surface area contributed by atoms with Crippen LogP contribution < -0.4 is 4.74 Å². The van der Waals surface area contributed by atoms with Crippen LogP contribution in [0.1, 0.15) is 38.1 Å². The first-order chi connectivity index (χ1) is 16.0. The van der Waals surface area contributed by atoms with Crippen molar-refractivity contribution >= 4 is 29.8 Å². The van der Waals surface area contributed by atoms with Crippen molar-refractivity contribution in [2.45, 2.75) is 58.4 Å². The van der Waals surface area contributed by atoms with Crippen LogP contribution in [0.25, 0.3) is 0 Å². The molecule has 0 radical (unpaired) electrons. The van der Waals surface area contributed by atoms with Gasteiger partial charge in [-0.05, 0) is 24.3 Å². The molecule has 1 fully saturated rings. The molecule has 12 heteroatoms. The van der Waals surface area contributed by atoms with Gasteiger partial charge in [-0.25, -0.2) is 4.79 Å². The first-order valence-corrected chi connectivity index (χ1v) is 10.2. The molecule has 186 valence electrons. The summed E-state index contributed by atoms with van der Waals surface area (Å²) in [5.74, 6) is -3.23. The summed E-state index contributed by atoms with van der Waals surface area (Å²) in [6.45, 7) is 4.16. The monoisotopic (exact) mass is 482 g/mol. The van der Waals surface area contributed by atoms with E-state index in [2.05, 4.69) is 4.74 Å². The Morgan fingerprint density at radius 3 is 1.79 bits per heavy atom. The van der Waals surface area contributed by atoms with Crippen molar-refractivity contribution < 1.29 is 57.1 Å². The highest BCUT2D eigenvalue weighted by atomic mass is 16.7. The molecule has 1 aliphatic rings. The number of methoxy groups -OCH3 is 1. The number of ether oxygens (including phenoxy) is 7. The molecule has 0 bridgehead atoms. The second-order valence-electron chi connectivity index (χ2n) is 7.20. The largest absolute Gasteiger partial charge is 0.465 e. The van der Waals surface area contributed by atoms with E-state index in [0.717, 1.165) is 20.8 Å². The highest BCUT2D eigenvalue weighted by Crippen LogP contribution is 2.31. The molecular formula is C22H26O12. The van der Waals surface area contributed by atoms with Gasteiger partial charge >= 0.3 is 29.8 Å². The lowest BCUT2D eigenvalue weighted by Crippen LogP contribution is -2.63. The number of hydrogen-bond donors (Lipinski definition) is 0. The molecule has 0 N–H and O–H groups in total. The Morgan fingerprint density at radius 1 is 0.765 bits per heavy atom. The molecule has 1 saturated heterocycles. The Labute approximate surface area is 195 Å². The van der Waals surface area contributed by atoms with Crippen LogP contribution in [0.4, 0.5) is 0 Å². The number of carbonyl (C=O) groups excluding carboxylic acids is 5. The van der Waals surface area contributed by atoms with Gasteiger partial charge in [0.1, 0.15) is 18.5 Å². The molecule has 0 saturated carbocycles. The van der Waals surface area contributed by atoms with E-state index in [0.29, 0.717) is 0 Å². The molecule has 0 aliphatic carbocycles. The van der Waals surface area contributed by atoms with E-state index in [-0.39, 0.29) is 17.9 Å². The van der Waals surface area contributed by atoms with Gasteiger partial charge in [-0.1, -0.05) is 0 Å². The van der Waals surface area contributed by atoms with E-state index >= 15 is 0 Å². The van der Waals surface area contributed by atoms with Crippen LogP contribution in [0, 0.1) is 0 Å². The maximum Gasteiger partial charge on any atom is 0.337 e. The van der Waals surface area contributed by atoms with Gasteiger partial charge in [0.15, 0.2) is 12.2 Å². The van der Waals surface area contributed by atoms with Crippen molar-refractivity contribution in [1.29, 1.82) is 0 Å². The first-order valence-electron chi connectivity index (χ1n) is 10.2. The van der Waals surface area contributed by atoms with Crippen LogP contribution in [0.15, 0.2) is 24.3 Å². The second-order valence-corrected chi connectivity index (χ2v) is 7.20. The van der Waals surface area contributed by atoms with Gasteiger partial charge in [0, 0.05) is 27.7 Å². The van der Waals surface area contributed by atoms with Crippen molar-refractivity contribution in [3.05, 3.63) is 29.8 Å². The highest BCUT2D eigenvalue weighted by Gasteiger charge is 2.53. The summed E-state index contributed by atoms with van der Waals surface area (Å²) >= 11 is 0. The molecule has 12 nitrogen and oxygen atoms in total. The van der Waals surface area contributed by atoms with Gasteiger partial charge in [0.2, 0.25) is 12.4 Å². The average molecular weight is 482 g/mol. The van der Waals surface area contributed by atoms with Crippen LogP contribution in [0.2, 0.25) is 0 Å². The molecule has 0 spiro atoms. The molecule has 2 rings (SSSR count). The Bertz CT molecular complexity index is 909. The van der Waals surface area contributed by atoms with Gasteiger partial charge in [0.05, 0.1) is 12.7 Å². The summed E-state index contributed by atoms with van der Waals surface area (Å²) in [5.41, 5.74) is 0.261. The summed E-state index contributed by atoms with van der Waals surface area (Å²) < 4.78 is 37.2. The van der Waals surface area contributed by atoms with Crippen LogP contribution >= 0.6 is 0 Å². The van der Waals surface area contributed by atoms with E-state index in [9.17, 15) is 24.0 Å². The summed E-state index contributed by atoms with van der Waals surface area (Å²) in [6, 6.07) is 5.76. The number of carbonyl (C=O) groups is 5. The SMILES string of the molecule is COC(=O)c1ccc(OC2OC(COC(C)=O)C(OC(C)=O)C(OC(C)=O)C2OC(C)=O)cc1. The smallest absolute Gasteiger partial charge is 0.337 e. The van der Waals surface area contributed by atoms with Crippen molar-refractivity contribution in [1.82, 2.24) is 0 Å². The topological polar surface area (TPSA) is 150 Å². The average Bonchev–Trinajstić information content (AvgIpc) is 2.75. The summed E-state index contributed by atoms with van der Waals surface area (Å²) in [7, 11) is 1.24. The summed E-state index contributed by atoms with van der Waals surface area (Å²) in [4.78, 5) is 58.4. The van der Waals surface area contributed by atoms with Gasteiger partial charge in [0.25, 0.3) is 0 Å². The van der Waals surface area contributed by atoms with E-state index < -0.39 is 60.6 Å². The Hall–Kier alpha value is -3.67. The number of hydrogen-bond acceptors (Lipinski definition) is 12. The number of esters is 5. The van der Waals surface area contributed by atoms with Crippen LogP contribution in [-0.4, -0.2) is 74.3 Å². The fourth-order valence-corrected chi connectivity index (χ4v) is 3.21. The first kappa shape index (κ1) is 26.6. The Balaban J connectivity index is 2.42. The van der Waals surface area contributed by atoms with Crippen molar-refractivity contribution in [2.75, 3.05) is 13.7 Å². The lowest BCUT2D eigenvalue weighted by molar-refractivity contribution is -0.288. The lowest BCUT2D eigenvalue weighted by atomic mass is 9.98. The third-order valence-corrected chi connectivity index (χ3v) is 4.48. The van der Waals surface area contributed by atoms with Gasteiger partial charge in [-0.2, -0.15) is 0 Å². The fraction of sp³-hybridized carbons (Fsp3) is 0.500. The molecule has 34 heavy (non-hydrogen) atoms. The zero-order valence-electron chi connectivity index (χ0n) is 19.3. The molecule has 5 atom stereocenters. The number of benzene rings is 1. The van der Waals surface area contributed by atoms with Crippen molar-refractivity contribution in [3.8, 4) is 5.75 Å². The van der Waals surface area contributed by atoms with Gasteiger partial charge in [-0.3, -0.25) is 19.2 Å². The summed E-state index contributed by atoms with van der Waals surface area (Å²) in [5, 5.41) is 0. The van der Waals surface area contributed by atoms with Crippen molar-refractivity contribution in [3.63, 3.8) is 0 Å². The maximum absolute atomic E-state index is 11.8. The normalized spacial score (nSPS) is 23.7. The quantitative estimate of drug-likeness (QED) is 0.383. The number of rotatable bonds is 8. The van der Waals surface area contributed by atoms with Crippen LogP contribution in [0.3, 0.4) is 0 Å². The molecule has 1 aliphatic heterocycles. The molecule has 0 amide bonds. The zero-order chi connectivity index (χ0) is 25.4. The van der Waals surface area contributed by atoms with Gasteiger partial charge in [-0.15, -0.1) is 0 Å².